The summed E-state index contributed by atoms with van der Waals surface area (Å²) < 4.78 is 0. The van der Waals surface area contributed by atoms with Crippen LogP contribution >= 0.6 is 11.8 Å². The highest BCUT2D eigenvalue weighted by atomic mass is 32.2. The van der Waals surface area contributed by atoms with Gasteiger partial charge in [0, 0.05) is 29.7 Å². The minimum Gasteiger partial charge on any atom is -0.352 e. The summed E-state index contributed by atoms with van der Waals surface area (Å²) in [5.74, 6) is 0.148. The predicted octanol–water partition coefficient (Wildman–Crippen LogP) is 2.92. The van der Waals surface area contributed by atoms with Gasteiger partial charge in [-0.3, -0.25) is 14.5 Å². The zero-order valence-corrected chi connectivity index (χ0v) is 16.6. The Labute approximate surface area is 169 Å². The van der Waals surface area contributed by atoms with Gasteiger partial charge < -0.3 is 10.6 Å². The summed E-state index contributed by atoms with van der Waals surface area (Å²) in [4.78, 5) is 28.2. The van der Waals surface area contributed by atoms with Crippen LogP contribution in [0.4, 0.5) is 5.69 Å². The molecular formula is C22H25N3O2S. The van der Waals surface area contributed by atoms with E-state index in [0.29, 0.717) is 6.54 Å². The van der Waals surface area contributed by atoms with Gasteiger partial charge in [-0.05, 0) is 43.0 Å². The number of anilines is 1. The van der Waals surface area contributed by atoms with Gasteiger partial charge in [-0.1, -0.05) is 36.4 Å². The molecule has 0 aliphatic carbocycles. The molecule has 2 aromatic rings. The first-order chi connectivity index (χ1) is 13.7. The number of fused-ring (bicyclic) bond motifs is 1. The first-order valence-corrected chi connectivity index (χ1v) is 10.7. The molecule has 0 spiro atoms. The van der Waals surface area contributed by atoms with Crippen molar-refractivity contribution >= 4 is 29.3 Å². The van der Waals surface area contributed by atoms with Crippen molar-refractivity contribution in [3.05, 3.63) is 60.2 Å². The molecule has 0 radical (unpaired) electrons. The molecule has 2 N–H and O–H groups in total. The lowest BCUT2D eigenvalue weighted by molar-refractivity contribution is -0.122. The normalized spacial score (nSPS) is 19.8. The average molecular weight is 396 g/mol. The SMILES string of the molecule is O=C(CN1CCC(NC(=O)C2Cc3ccccc3S2)CC1)Nc1ccccc1. The Kier molecular flexibility index (Phi) is 5.98. The Morgan fingerprint density at radius 3 is 2.46 bits per heavy atom. The van der Waals surface area contributed by atoms with Crippen molar-refractivity contribution in [1.82, 2.24) is 10.2 Å². The topological polar surface area (TPSA) is 61.4 Å². The quantitative estimate of drug-likeness (QED) is 0.817. The van der Waals surface area contributed by atoms with Crippen molar-refractivity contribution in [3.63, 3.8) is 0 Å². The Hall–Kier alpha value is -2.31. The molecule has 2 heterocycles. The number of nitrogens with zero attached hydrogens (tertiary/aromatic N) is 1. The molecule has 0 saturated carbocycles. The third-order valence-electron chi connectivity index (χ3n) is 5.30. The minimum absolute atomic E-state index is 0.00815. The number of carbonyl (C=O) groups excluding carboxylic acids is 2. The van der Waals surface area contributed by atoms with Crippen LogP contribution in [0.5, 0.6) is 0 Å². The van der Waals surface area contributed by atoms with Crippen LogP contribution in [0.15, 0.2) is 59.5 Å². The number of piperidine rings is 1. The maximum absolute atomic E-state index is 12.6. The number of para-hydroxylation sites is 1. The monoisotopic (exact) mass is 395 g/mol. The largest absolute Gasteiger partial charge is 0.352 e. The number of hydrogen-bond donors (Lipinski definition) is 2. The van der Waals surface area contributed by atoms with Crippen LogP contribution in [-0.2, 0) is 16.0 Å². The number of thioether (sulfide) groups is 1. The predicted molar refractivity (Wildman–Crippen MR) is 112 cm³/mol. The van der Waals surface area contributed by atoms with Crippen LogP contribution < -0.4 is 10.6 Å². The Bertz CT molecular complexity index is 810. The fraction of sp³-hybridized carbons (Fsp3) is 0.364. The van der Waals surface area contributed by atoms with Crippen molar-refractivity contribution in [2.75, 3.05) is 25.0 Å². The molecule has 2 aromatic carbocycles. The summed E-state index contributed by atoms with van der Waals surface area (Å²) >= 11 is 1.67. The van der Waals surface area contributed by atoms with Crippen molar-refractivity contribution in [2.24, 2.45) is 0 Å². The van der Waals surface area contributed by atoms with Crippen LogP contribution in [0.2, 0.25) is 0 Å². The van der Waals surface area contributed by atoms with E-state index >= 15 is 0 Å². The molecule has 1 atom stereocenters. The van der Waals surface area contributed by atoms with Crippen LogP contribution in [-0.4, -0.2) is 47.6 Å². The molecule has 1 fully saturated rings. The molecule has 2 amide bonds. The number of likely N-dealkylation sites (tertiary alicyclic amines) is 1. The van der Waals surface area contributed by atoms with Crippen LogP contribution in [0, 0.1) is 0 Å². The summed E-state index contributed by atoms with van der Waals surface area (Å²) in [5, 5.41) is 6.13. The minimum atomic E-state index is -0.0212. The van der Waals surface area contributed by atoms with Crippen LogP contribution in [0.25, 0.3) is 0 Å². The third kappa shape index (κ3) is 4.75. The molecule has 2 aliphatic heterocycles. The fourth-order valence-electron chi connectivity index (χ4n) is 3.78. The van der Waals surface area contributed by atoms with E-state index in [1.807, 2.05) is 42.5 Å². The van der Waals surface area contributed by atoms with Gasteiger partial charge in [0.25, 0.3) is 0 Å². The summed E-state index contributed by atoms with van der Waals surface area (Å²) in [5.41, 5.74) is 2.09. The first kappa shape index (κ1) is 19.0. The van der Waals surface area contributed by atoms with E-state index in [-0.39, 0.29) is 23.1 Å². The smallest absolute Gasteiger partial charge is 0.238 e. The van der Waals surface area contributed by atoms with Crippen molar-refractivity contribution in [3.8, 4) is 0 Å². The van der Waals surface area contributed by atoms with Gasteiger partial charge >= 0.3 is 0 Å². The first-order valence-electron chi connectivity index (χ1n) is 9.79. The maximum Gasteiger partial charge on any atom is 0.238 e. The Morgan fingerprint density at radius 2 is 1.71 bits per heavy atom. The highest BCUT2D eigenvalue weighted by Crippen LogP contribution is 2.36. The number of carbonyl (C=O) groups is 2. The second kappa shape index (κ2) is 8.80. The Balaban J connectivity index is 1.19. The number of benzene rings is 2. The molecule has 0 aromatic heterocycles. The standard InChI is InChI=1S/C22H25N3O2S/c26-21(23-17-7-2-1-3-8-17)15-25-12-10-18(11-13-25)24-22(27)20-14-16-6-4-5-9-19(16)28-20/h1-9,18,20H,10-15H2,(H,23,26)(H,24,27). The molecule has 5 nitrogen and oxygen atoms in total. The lowest BCUT2D eigenvalue weighted by Crippen LogP contribution is -2.48. The third-order valence-corrected chi connectivity index (χ3v) is 6.62. The van der Waals surface area contributed by atoms with E-state index < -0.39 is 0 Å². The zero-order chi connectivity index (χ0) is 19.3. The number of hydrogen-bond acceptors (Lipinski definition) is 4. The highest BCUT2D eigenvalue weighted by Gasteiger charge is 2.30. The van der Waals surface area contributed by atoms with Gasteiger partial charge in [-0.2, -0.15) is 0 Å². The number of amides is 2. The van der Waals surface area contributed by atoms with Gasteiger partial charge in [0.2, 0.25) is 11.8 Å². The molecule has 28 heavy (non-hydrogen) atoms. The summed E-state index contributed by atoms with van der Waals surface area (Å²) in [6, 6.07) is 18.0. The maximum atomic E-state index is 12.6. The second-order valence-electron chi connectivity index (χ2n) is 7.39. The van der Waals surface area contributed by atoms with Gasteiger partial charge in [0.15, 0.2) is 0 Å². The summed E-state index contributed by atoms with van der Waals surface area (Å²) in [6.45, 7) is 2.04. The number of rotatable bonds is 5. The van der Waals surface area contributed by atoms with Gasteiger partial charge in [0.05, 0.1) is 11.8 Å². The molecule has 0 bridgehead atoms. The van der Waals surface area contributed by atoms with E-state index in [2.05, 4.69) is 27.7 Å². The van der Waals surface area contributed by atoms with Gasteiger partial charge in [-0.15, -0.1) is 11.8 Å². The van der Waals surface area contributed by atoms with Crippen LogP contribution in [0.1, 0.15) is 18.4 Å². The van der Waals surface area contributed by atoms with Crippen molar-refractivity contribution in [1.29, 1.82) is 0 Å². The van der Waals surface area contributed by atoms with Crippen molar-refractivity contribution in [2.45, 2.75) is 35.4 Å². The van der Waals surface area contributed by atoms with Crippen molar-refractivity contribution < 1.29 is 9.59 Å². The molecule has 2 aliphatic rings. The van der Waals surface area contributed by atoms with Gasteiger partial charge in [0.1, 0.15) is 0 Å². The summed E-state index contributed by atoms with van der Waals surface area (Å²) in [7, 11) is 0. The molecular weight excluding hydrogens is 370 g/mol. The molecule has 1 unspecified atom stereocenters. The van der Waals surface area contributed by atoms with Crippen LogP contribution in [0.3, 0.4) is 0 Å². The highest BCUT2D eigenvalue weighted by molar-refractivity contribution is 8.01. The van der Waals surface area contributed by atoms with Gasteiger partial charge in [-0.25, -0.2) is 0 Å². The van der Waals surface area contributed by atoms with E-state index in [1.165, 1.54) is 10.5 Å². The second-order valence-corrected chi connectivity index (χ2v) is 8.64. The lowest BCUT2D eigenvalue weighted by atomic mass is 10.0. The molecule has 4 rings (SSSR count). The molecule has 146 valence electrons. The average Bonchev–Trinajstić information content (AvgIpc) is 3.15. The van der Waals surface area contributed by atoms with E-state index in [9.17, 15) is 9.59 Å². The van der Waals surface area contributed by atoms with E-state index in [0.717, 1.165) is 38.0 Å². The molecule has 6 heteroatoms. The zero-order valence-electron chi connectivity index (χ0n) is 15.8. The van der Waals surface area contributed by atoms with E-state index in [4.69, 9.17) is 0 Å². The fourth-order valence-corrected chi connectivity index (χ4v) is 4.99. The Morgan fingerprint density at radius 1 is 1.00 bits per heavy atom. The number of nitrogens with one attached hydrogen (secondary N) is 2. The lowest BCUT2D eigenvalue weighted by Gasteiger charge is -2.32. The van der Waals surface area contributed by atoms with E-state index in [1.54, 1.807) is 11.8 Å². The molecule has 1 saturated heterocycles. The summed E-state index contributed by atoms with van der Waals surface area (Å²) in [6.07, 6.45) is 2.58.